The van der Waals surface area contributed by atoms with E-state index in [1.807, 2.05) is 13.0 Å². The summed E-state index contributed by atoms with van der Waals surface area (Å²) in [6.45, 7) is 9.17. The topological polar surface area (TPSA) is 65.5 Å². The average molecular weight is 291 g/mol. The molecular formula is C16H25N3O2. The van der Waals surface area contributed by atoms with Gasteiger partial charge >= 0.3 is 5.97 Å². The number of hydrogen-bond donors (Lipinski definition) is 2. The van der Waals surface area contributed by atoms with Gasteiger partial charge in [0, 0.05) is 24.8 Å². The maximum absolute atomic E-state index is 11.4. The molecule has 1 saturated heterocycles. The monoisotopic (exact) mass is 291 g/mol. The first-order chi connectivity index (χ1) is 10.0. The van der Waals surface area contributed by atoms with E-state index in [0.717, 1.165) is 38.2 Å². The highest BCUT2D eigenvalue weighted by atomic mass is 16.4. The molecule has 0 spiro atoms. The molecule has 0 aliphatic carbocycles. The van der Waals surface area contributed by atoms with Crippen LogP contribution < -0.4 is 5.32 Å². The van der Waals surface area contributed by atoms with Gasteiger partial charge in [-0.25, -0.2) is 4.79 Å². The van der Waals surface area contributed by atoms with Crippen LogP contribution in [0.2, 0.25) is 0 Å². The van der Waals surface area contributed by atoms with Crippen molar-refractivity contribution in [2.24, 2.45) is 0 Å². The van der Waals surface area contributed by atoms with E-state index in [1.54, 1.807) is 6.92 Å². The fraction of sp³-hybridized carbons (Fsp3) is 0.625. The molecule has 1 aromatic heterocycles. The number of piperidine rings is 1. The van der Waals surface area contributed by atoms with Crippen molar-refractivity contribution in [3.63, 3.8) is 0 Å². The van der Waals surface area contributed by atoms with Crippen molar-refractivity contribution in [1.29, 1.82) is 0 Å². The lowest BCUT2D eigenvalue weighted by Gasteiger charge is -2.33. The Labute approximate surface area is 126 Å². The van der Waals surface area contributed by atoms with Crippen LogP contribution in [0.3, 0.4) is 0 Å². The summed E-state index contributed by atoms with van der Waals surface area (Å²) >= 11 is 0. The molecule has 5 nitrogen and oxygen atoms in total. The number of aromatic nitrogens is 1. The zero-order valence-electron chi connectivity index (χ0n) is 13.1. The lowest BCUT2D eigenvalue weighted by Crippen LogP contribution is -2.39. The van der Waals surface area contributed by atoms with E-state index in [0.29, 0.717) is 23.0 Å². The van der Waals surface area contributed by atoms with Crippen molar-refractivity contribution in [2.45, 2.75) is 46.1 Å². The second kappa shape index (κ2) is 6.89. The maximum Gasteiger partial charge on any atom is 0.339 e. The Kier molecular flexibility index (Phi) is 5.17. The summed E-state index contributed by atoms with van der Waals surface area (Å²) in [5.41, 5.74) is 2.44. The number of pyridine rings is 1. The highest BCUT2D eigenvalue weighted by molar-refractivity contribution is 5.95. The summed E-state index contributed by atoms with van der Waals surface area (Å²) in [6.07, 6.45) is 3.29. The Bertz CT molecular complexity index is 508. The molecule has 2 heterocycles. The van der Waals surface area contributed by atoms with Crippen molar-refractivity contribution in [3.8, 4) is 0 Å². The first-order valence-electron chi connectivity index (χ1n) is 7.71. The summed E-state index contributed by atoms with van der Waals surface area (Å²) < 4.78 is 0. The number of likely N-dealkylation sites (tertiary alicyclic amines) is 1. The van der Waals surface area contributed by atoms with E-state index in [4.69, 9.17) is 0 Å². The largest absolute Gasteiger partial charge is 0.478 e. The van der Waals surface area contributed by atoms with Gasteiger partial charge in [0.1, 0.15) is 5.56 Å². The predicted molar refractivity (Wildman–Crippen MR) is 84.0 cm³/mol. The van der Waals surface area contributed by atoms with Gasteiger partial charge in [-0.05, 0) is 45.7 Å². The summed E-state index contributed by atoms with van der Waals surface area (Å²) in [5.74, 6) is -0.911. The van der Waals surface area contributed by atoms with Gasteiger partial charge in [-0.1, -0.05) is 6.92 Å². The van der Waals surface area contributed by atoms with Crippen LogP contribution in [-0.2, 0) is 0 Å². The smallest absolute Gasteiger partial charge is 0.339 e. The van der Waals surface area contributed by atoms with E-state index in [-0.39, 0.29) is 0 Å². The van der Waals surface area contributed by atoms with Crippen LogP contribution in [0.5, 0.6) is 0 Å². The number of carboxylic acids is 1. The van der Waals surface area contributed by atoms with Gasteiger partial charge < -0.3 is 15.3 Å². The van der Waals surface area contributed by atoms with Crippen molar-refractivity contribution in [1.82, 2.24) is 9.88 Å². The molecule has 21 heavy (non-hydrogen) atoms. The van der Waals surface area contributed by atoms with Crippen molar-refractivity contribution >= 4 is 11.7 Å². The lowest BCUT2D eigenvalue weighted by atomic mass is 10.0. The molecule has 1 aliphatic rings. The fourth-order valence-electron chi connectivity index (χ4n) is 3.05. The van der Waals surface area contributed by atoms with Gasteiger partial charge in [0.25, 0.3) is 0 Å². The molecule has 0 aromatic carbocycles. The van der Waals surface area contributed by atoms with E-state index in [9.17, 15) is 9.90 Å². The molecule has 0 bridgehead atoms. The first-order valence-corrected chi connectivity index (χ1v) is 7.71. The quantitative estimate of drug-likeness (QED) is 0.873. The molecular weight excluding hydrogens is 266 g/mol. The van der Waals surface area contributed by atoms with E-state index >= 15 is 0 Å². The molecule has 116 valence electrons. The fourth-order valence-corrected chi connectivity index (χ4v) is 3.05. The molecule has 0 saturated carbocycles. The summed E-state index contributed by atoms with van der Waals surface area (Å²) in [5, 5.41) is 12.8. The number of anilines is 1. The van der Waals surface area contributed by atoms with Crippen LogP contribution in [-0.4, -0.2) is 46.6 Å². The van der Waals surface area contributed by atoms with E-state index in [2.05, 4.69) is 22.1 Å². The number of nitrogens with one attached hydrogen (secondary N) is 1. The zero-order chi connectivity index (χ0) is 15.4. The van der Waals surface area contributed by atoms with Crippen LogP contribution in [0.15, 0.2) is 6.07 Å². The number of hydrogen-bond acceptors (Lipinski definition) is 4. The average Bonchev–Trinajstić information content (AvgIpc) is 2.40. The molecule has 2 rings (SSSR count). The van der Waals surface area contributed by atoms with Gasteiger partial charge in [-0.15, -0.1) is 0 Å². The van der Waals surface area contributed by atoms with Crippen LogP contribution in [0.1, 0.15) is 47.9 Å². The normalized spacial score (nSPS) is 16.9. The Morgan fingerprint density at radius 3 is 2.67 bits per heavy atom. The predicted octanol–water partition coefficient (Wildman–Crippen LogP) is 2.68. The van der Waals surface area contributed by atoms with Crippen molar-refractivity contribution in [3.05, 3.63) is 23.0 Å². The number of aromatic carboxylic acids is 1. The van der Waals surface area contributed by atoms with Gasteiger partial charge in [0.2, 0.25) is 0 Å². The molecule has 1 aliphatic heterocycles. The Balaban J connectivity index is 2.08. The molecule has 1 fully saturated rings. The molecule has 0 amide bonds. The van der Waals surface area contributed by atoms with Crippen LogP contribution >= 0.6 is 0 Å². The maximum atomic E-state index is 11.4. The van der Waals surface area contributed by atoms with Gasteiger partial charge in [0.05, 0.1) is 11.4 Å². The Hall–Kier alpha value is -1.62. The van der Waals surface area contributed by atoms with Gasteiger partial charge in [0.15, 0.2) is 0 Å². The third-order valence-electron chi connectivity index (χ3n) is 4.03. The lowest BCUT2D eigenvalue weighted by molar-refractivity contribution is 0.0696. The second-order valence-electron chi connectivity index (χ2n) is 5.84. The third kappa shape index (κ3) is 3.94. The second-order valence-corrected chi connectivity index (χ2v) is 5.84. The van der Waals surface area contributed by atoms with Crippen molar-refractivity contribution < 1.29 is 9.90 Å². The third-order valence-corrected chi connectivity index (χ3v) is 4.03. The molecule has 1 aromatic rings. The van der Waals surface area contributed by atoms with Gasteiger partial charge in [-0.2, -0.15) is 0 Å². The summed E-state index contributed by atoms with van der Waals surface area (Å²) in [4.78, 5) is 18.2. The standard InChI is InChI=1S/C16H25N3O2/c1-4-7-19-8-5-13(6-9-19)18-14-10-11(2)17-12(3)15(14)16(20)21/h10,13H,4-9H2,1-3H3,(H,17,18)(H,20,21). The minimum absolute atomic E-state index is 0.302. The molecule has 5 heteroatoms. The van der Waals surface area contributed by atoms with Crippen LogP contribution in [0.4, 0.5) is 5.69 Å². The summed E-state index contributed by atoms with van der Waals surface area (Å²) in [6, 6.07) is 2.19. The first kappa shape index (κ1) is 15.8. The highest BCUT2D eigenvalue weighted by Crippen LogP contribution is 2.23. The van der Waals surface area contributed by atoms with Gasteiger partial charge in [-0.3, -0.25) is 4.98 Å². The highest BCUT2D eigenvalue weighted by Gasteiger charge is 2.22. The van der Waals surface area contributed by atoms with Crippen LogP contribution in [0.25, 0.3) is 0 Å². The SMILES string of the molecule is CCCN1CCC(Nc2cc(C)nc(C)c2C(=O)O)CC1. The number of rotatable bonds is 5. The minimum Gasteiger partial charge on any atom is -0.478 e. The number of carboxylic acid groups (broad SMARTS) is 1. The van der Waals surface area contributed by atoms with E-state index < -0.39 is 5.97 Å². The summed E-state index contributed by atoms with van der Waals surface area (Å²) in [7, 11) is 0. The van der Waals surface area contributed by atoms with Crippen molar-refractivity contribution in [2.75, 3.05) is 25.0 Å². The minimum atomic E-state index is -0.911. The Morgan fingerprint density at radius 2 is 2.10 bits per heavy atom. The number of carbonyl (C=O) groups is 1. The number of aryl methyl sites for hydroxylation is 2. The molecule has 0 atom stereocenters. The molecule has 0 unspecified atom stereocenters. The zero-order valence-corrected chi connectivity index (χ0v) is 13.1. The Morgan fingerprint density at radius 1 is 1.43 bits per heavy atom. The number of nitrogens with zero attached hydrogens (tertiary/aromatic N) is 2. The van der Waals surface area contributed by atoms with Crippen LogP contribution in [0, 0.1) is 13.8 Å². The molecule has 2 N–H and O–H groups in total. The molecule has 0 radical (unpaired) electrons. The van der Waals surface area contributed by atoms with E-state index in [1.165, 1.54) is 6.42 Å².